The highest BCUT2D eigenvalue weighted by molar-refractivity contribution is 5.96. The summed E-state index contributed by atoms with van der Waals surface area (Å²) >= 11 is 0. The number of hydrogen-bond donors (Lipinski definition) is 3. The second-order valence-corrected chi connectivity index (χ2v) is 13.1. The van der Waals surface area contributed by atoms with Gasteiger partial charge in [-0.2, -0.15) is 0 Å². The first-order valence-corrected chi connectivity index (χ1v) is 15.2. The fourth-order valence-electron chi connectivity index (χ4n) is 5.12. The molecule has 2 amide bonds. The van der Waals surface area contributed by atoms with Crippen molar-refractivity contribution in [1.82, 2.24) is 15.3 Å². The molecule has 1 fully saturated rings. The van der Waals surface area contributed by atoms with Crippen molar-refractivity contribution in [3.05, 3.63) is 77.0 Å². The maximum Gasteiger partial charge on any atom is 0.407 e. The standard InChI is InChI=1S/C34H39F3N4O6/c1-17(2)31(43)39-20-13-23(36)29(24(37)14-20)30-22(35)8-9-25(40-30)26(42)12-19-16-38-11-10-21(19)27-15-28(34(7,45)18(3)46-27)41-32(44)47-33(4,5)6/h8-11,13-14,16-18,27-28,45H,12,15H2,1-7H3,(H,39,43)(H,41,44)/t18-,27-,28-,34-/m1/s1. The first-order chi connectivity index (χ1) is 21.9. The number of amides is 2. The molecule has 0 spiro atoms. The van der Waals surface area contributed by atoms with Gasteiger partial charge < -0.3 is 25.2 Å². The number of alkyl carbamates (subject to hydrolysis) is 1. The average Bonchev–Trinajstić information content (AvgIpc) is 2.95. The monoisotopic (exact) mass is 656 g/mol. The summed E-state index contributed by atoms with van der Waals surface area (Å²) in [7, 11) is 0. The number of carbonyl (C=O) groups excluding carboxylic acids is 3. The highest BCUT2D eigenvalue weighted by Gasteiger charge is 2.46. The minimum Gasteiger partial charge on any atom is -0.444 e. The Kier molecular flexibility index (Phi) is 10.4. The zero-order chi connectivity index (χ0) is 34.8. The zero-order valence-electron chi connectivity index (χ0n) is 27.3. The molecule has 47 heavy (non-hydrogen) atoms. The van der Waals surface area contributed by atoms with E-state index in [1.807, 2.05) is 0 Å². The molecule has 3 aromatic rings. The summed E-state index contributed by atoms with van der Waals surface area (Å²) in [6.07, 6.45) is 0.696. The average molecular weight is 657 g/mol. The summed E-state index contributed by atoms with van der Waals surface area (Å²) in [6, 6.07) is 4.58. The zero-order valence-corrected chi connectivity index (χ0v) is 27.3. The number of Topliss-reactive ketones (excluding diaryl/α,β-unsaturated/α-hetero) is 1. The molecule has 0 aliphatic carbocycles. The Hall–Kier alpha value is -4.36. The molecule has 1 aliphatic heterocycles. The quantitative estimate of drug-likeness (QED) is 0.248. The van der Waals surface area contributed by atoms with E-state index in [0.717, 1.165) is 24.3 Å². The lowest BCUT2D eigenvalue weighted by molar-refractivity contribution is -0.176. The van der Waals surface area contributed by atoms with Crippen molar-refractivity contribution in [2.24, 2.45) is 5.92 Å². The number of benzene rings is 1. The number of halogens is 3. The molecule has 0 saturated carbocycles. The van der Waals surface area contributed by atoms with Gasteiger partial charge in [0.2, 0.25) is 5.91 Å². The Labute approximate surface area is 271 Å². The normalized spacial score (nSPS) is 21.3. The molecule has 10 nitrogen and oxygen atoms in total. The van der Waals surface area contributed by atoms with E-state index in [4.69, 9.17) is 9.47 Å². The number of ether oxygens (including phenoxy) is 2. The lowest BCUT2D eigenvalue weighted by Gasteiger charge is -2.45. The number of anilines is 1. The van der Waals surface area contributed by atoms with Gasteiger partial charge in [0.15, 0.2) is 5.78 Å². The van der Waals surface area contributed by atoms with E-state index >= 15 is 8.78 Å². The Bertz CT molecular complexity index is 1650. The molecular formula is C34H39F3N4O6. The van der Waals surface area contributed by atoms with Crippen LogP contribution in [0.4, 0.5) is 23.7 Å². The molecule has 1 aliphatic rings. The molecule has 1 aromatic carbocycles. The number of carbonyl (C=O) groups is 3. The Morgan fingerprint density at radius 1 is 1.11 bits per heavy atom. The van der Waals surface area contributed by atoms with Crippen molar-refractivity contribution in [3.8, 4) is 11.3 Å². The van der Waals surface area contributed by atoms with Crippen molar-refractivity contribution in [1.29, 1.82) is 0 Å². The molecule has 0 radical (unpaired) electrons. The van der Waals surface area contributed by atoms with Gasteiger partial charge in [-0.15, -0.1) is 0 Å². The molecule has 252 valence electrons. The number of ketones is 1. The van der Waals surface area contributed by atoms with Crippen LogP contribution >= 0.6 is 0 Å². The van der Waals surface area contributed by atoms with Crippen LogP contribution in [0.25, 0.3) is 11.3 Å². The van der Waals surface area contributed by atoms with Crippen molar-refractivity contribution < 1.29 is 42.1 Å². The van der Waals surface area contributed by atoms with Gasteiger partial charge in [0, 0.05) is 36.8 Å². The third kappa shape index (κ3) is 8.33. The highest BCUT2D eigenvalue weighted by Crippen LogP contribution is 2.38. The number of aliphatic hydroxyl groups is 1. The predicted octanol–water partition coefficient (Wildman–Crippen LogP) is 6.08. The second-order valence-electron chi connectivity index (χ2n) is 13.1. The van der Waals surface area contributed by atoms with Crippen LogP contribution in [0.1, 0.15) is 82.6 Å². The number of aromatic nitrogens is 2. The summed E-state index contributed by atoms with van der Waals surface area (Å²) in [5, 5.41) is 16.3. The van der Waals surface area contributed by atoms with E-state index in [0.29, 0.717) is 11.1 Å². The molecule has 3 heterocycles. The molecule has 4 rings (SSSR count). The maximum atomic E-state index is 15.1. The van der Waals surface area contributed by atoms with Crippen LogP contribution in [0.2, 0.25) is 0 Å². The number of nitrogens with one attached hydrogen (secondary N) is 2. The molecule has 2 aromatic heterocycles. The van der Waals surface area contributed by atoms with Gasteiger partial charge in [-0.1, -0.05) is 13.8 Å². The second kappa shape index (κ2) is 13.8. The topological polar surface area (TPSA) is 140 Å². The summed E-state index contributed by atoms with van der Waals surface area (Å²) in [4.78, 5) is 46.1. The van der Waals surface area contributed by atoms with Crippen molar-refractivity contribution in [2.45, 2.75) is 90.8 Å². The van der Waals surface area contributed by atoms with Gasteiger partial charge in [0.1, 0.15) is 40.0 Å². The van der Waals surface area contributed by atoms with E-state index in [2.05, 4.69) is 20.6 Å². The van der Waals surface area contributed by atoms with Crippen LogP contribution in [-0.2, 0) is 20.7 Å². The number of rotatable bonds is 8. The van der Waals surface area contributed by atoms with E-state index in [-0.39, 0.29) is 24.2 Å². The van der Waals surface area contributed by atoms with E-state index in [1.165, 1.54) is 12.4 Å². The minimum atomic E-state index is -1.45. The van der Waals surface area contributed by atoms with Crippen molar-refractivity contribution in [2.75, 3.05) is 5.32 Å². The molecule has 1 saturated heterocycles. The Balaban J connectivity index is 1.59. The molecular weight excluding hydrogens is 617 g/mol. The van der Waals surface area contributed by atoms with E-state index in [9.17, 15) is 23.9 Å². The molecule has 0 unspecified atom stereocenters. The number of nitrogens with zero attached hydrogens (tertiary/aromatic N) is 2. The van der Waals surface area contributed by atoms with Crippen molar-refractivity contribution in [3.63, 3.8) is 0 Å². The highest BCUT2D eigenvalue weighted by atomic mass is 19.1. The van der Waals surface area contributed by atoms with Gasteiger partial charge in [0.25, 0.3) is 0 Å². The summed E-state index contributed by atoms with van der Waals surface area (Å²) < 4.78 is 56.6. The third-order valence-corrected chi connectivity index (χ3v) is 7.88. The van der Waals surface area contributed by atoms with Gasteiger partial charge in [-0.25, -0.2) is 22.9 Å². The smallest absolute Gasteiger partial charge is 0.407 e. The first-order valence-electron chi connectivity index (χ1n) is 15.2. The third-order valence-electron chi connectivity index (χ3n) is 7.88. The lowest BCUT2D eigenvalue weighted by atomic mass is 9.82. The fourth-order valence-corrected chi connectivity index (χ4v) is 5.12. The van der Waals surface area contributed by atoms with E-state index < -0.39 is 81.9 Å². The SMILES string of the molecule is CC(C)C(=O)Nc1cc(F)c(-c2nc(C(=O)Cc3cnccc3[C@H]3C[C@@H](NC(=O)OC(C)(C)C)[C@](C)(O)[C@@H](C)O3)ccc2F)c(F)c1. The maximum absolute atomic E-state index is 15.1. The van der Waals surface area contributed by atoms with Gasteiger partial charge >= 0.3 is 6.09 Å². The van der Waals surface area contributed by atoms with Gasteiger partial charge in [0.05, 0.1) is 23.8 Å². The summed E-state index contributed by atoms with van der Waals surface area (Å²) in [5.74, 6) is -4.91. The summed E-state index contributed by atoms with van der Waals surface area (Å²) in [5.41, 5.74) is -3.11. The fraction of sp³-hybridized carbons (Fsp3) is 0.441. The minimum absolute atomic E-state index is 0.132. The van der Waals surface area contributed by atoms with Crippen LogP contribution in [-0.4, -0.2) is 56.2 Å². The lowest BCUT2D eigenvalue weighted by Crippen LogP contribution is -2.61. The van der Waals surface area contributed by atoms with Crippen LogP contribution in [0.3, 0.4) is 0 Å². The number of pyridine rings is 2. The first kappa shape index (κ1) is 35.5. The van der Waals surface area contributed by atoms with Crippen LogP contribution in [0.15, 0.2) is 42.7 Å². The van der Waals surface area contributed by atoms with Crippen LogP contribution < -0.4 is 10.6 Å². The van der Waals surface area contributed by atoms with E-state index in [1.54, 1.807) is 54.5 Å². The Morgan fingerprint density at radius 3 is 2.38 bits per heavy atom. The summed E-state index contributed by atoms with van der Waals surface area (Å²) in [6.45, 7) is 11.6. The Morgan fingerprint density at radius 2 is 1.77 bits per heavy atom. The van der Waals surface area contributed by atoms with Gasteiger partial charge in [-0.3, -0.25) is 14.6 Å². The van der Waals surface area contributed by atoms with Crippen LogP contribution in [0.5, 0.6) is 0 Å². The molecule has 4 atom stereocenters. The molecule has 13 heteroatoms. The largest absolute Gasteiger partial charge is 0.444 e. The van der Waals surface area contributed by atoms with Crippen molar-refractivity contribution >= 4 is 23.5 Å². The van der Waals surface area contributed by atoms with Gasteiger partial charge in [-0.05, 0) is 76.1 Å². The molecule has 0 bridgehead atoms. The number of hydrogen-bond acceptors (Lipinski definition) is 8. The predicted molar refractivity (Wildman–Crippen MR) is 167 cm³/mol. The molecule has 3 N–H and O–H groups in total. The van der Waals surface area contributed by atoms with Crippen LogP contribution in [0, 0.1) is 23.4 Å².